The normalized spacial score (nSPS) is 13.9. The summed E-state index contributed by atoms with van der Waals surface area (Å²) < 4.78 is 7.62. The van der Waals surface area contributed by atoms with Crippen LogP contribution in [0.15, 0.2) is 42.6 Å². The van der Waals surface area contributed by atoms with Gasteiger partial charge < -0.3 is 14.2 Å². The summed E-state index contributed by atoms with van der Waals surface area (Å²) in [5, 5.41) is 0. The number of benzene rings is 1. The van der Waals surface area contributed by atoms with E-state index in [9.17, 15) is 4.79 Å². The molecule has 0 atom stereocenters. The van der Waals surface area contributed by atoms with E-state index in [-0.39, 0.29) is 5.97 Å². The molecule has 0 unspecified atom stereocenters. The standard InChI is InChI=1S/C24H32N2O2/c1-4-25(5-2)23(16-24(27)28-6-3)21-18-26(17-19-12-8-7-9-13-19)22-15-11-10-14-20(21)22/h7-9,12-13,16,18H,4-6,10-11,14-15,17H2,1-3H3/b23-16+. The Morgan fingerprint density at radius 1 is 1.11 bits per heavy atom. The average molecular weight is 381 g/mol. The SMILES string of the molecule is CCOC(=O)/C=C(\c1cn(Cc2ccccc2)c2c1CCCC2)N(CC)CC. The van der Waals surface area contributed by atoms with Crippen LogP contribution in [0.5, 0.6) is 0 Å². The Kier molecular flexibility index (Phi) is 6.96. The van der Waals surface area contributed by atoms with Crippen molar-refractivity contribution < 1.29 is 9.53 Å². The Hall–Kier alpha value is -2.49. The number of fused-ring (bicyclic) bond motifs is 1. The molecular formula is C24H32N2O2. The molecule has 4 nitrogen and oxygen atoms in total. The van der Waals surface area contributed by atoms with E-state index in [0.717, 1.165) is 38.2 Å². The molecule has 0 saturated heterocycles. The summed E-state index contributed by atoms with van der Waals surface area (Å²) in [5.41, 5.74) is 6.32. The van der Waals surface area contributed by atoms with Gasteiger partial charge in [0.15, 0.2) is 0 Å². The van der Waals surface area contributed by atoms with E-state index in [1.165, 1.54) is 35.2 Å². The fraction of sp³-hybridized carbons (Fsp3) is 0.458. The zero-order chi connectivity index (χ0) is 19.9. The summed E-state index contributed by atoms with van der Waals surface area (Å²) in [6.07, 6.45) is 8.56. The van der Waals surface area contributed by atoms with Gasteiger partial charge in [-0.25, -0.2) is 4.79 Å². The zero-order valence-corrected chi connectivity index (χ0v) is 17.4. The number of nitrogens with zero attached hydrogens (tertiary/aromatic N) is 2. The van der Waals surface area contributed by atoms with Gasteiger partial charge in [0, 0.05) is 43.2 Å². The maximum atomic E-state index is 12.3. The van der Waals surface area contributed by atoms with Gasteiger partial charge in [-0.1, -0.05) is 30.3 Å². The van der Waals surface area contributed by atoms with Gasteiger partial charge in [0.25, 0.3) is 0 Å². The number of ether oxygens (including phenoxy) is 1. The maximum absolute atomic E-state index is 12.3. The molecular weight excluding hydrogens is 348 g/mol. The Bertz CT molecular complexity index is 817. The largest absolute Gasteiger partial charge is 0.463 e. The number of rotatable bonds is 8. The van der Waals surface area contributed by atoms with Crippen LogP contribution in [0.1, 0.15) is 56.0 Å². The number of hydrogen-bond donors (Lipinski definition) is 0. The van der Waals surface area contributed by atoms with Crippen LogP contribution >= 0.6 is 0 Å². The fourth-order valence-electron chi connectivity index (χ4n) is 4.15. The molecule has 0 fully saturated rings. The highest BCUT2D eigenvalue weighted by Gasteiger charge is 2.24. The molecule has 150 valence electrons. The molecule has 0 bridgehead atoms. The van der Waals surface area contributed by atoms with Gasteiger partial charge in [-0.3, -0.25) is 0 Å². The molecule has 1 aliphatic carbocycles. The number of aromatic nitrogens is 1. The average Bonchev–Trinajstić information content (AvgIpc) is 3.07. The number of esters is 1. The van der Waals surface area contributed by atoms with Crippen molar-refractivity contribution in [2.45, 2.75) is 53.0 Å². The Morgan fingerprint density at radius 2 is 1.82 bits per heavy atom. The third kappa shape index (κ3) is 4.49. The molecule has 4 heteroatoms. The lowest BCUT2D eigenvalue weighted by Gasteiger charge is -2.25. The van der Waals surface area contributed by atoms with E-state index < -0.39 is 0 Å². The van der Waals surface area contributed by atoms with Crippen LogP contribution in [0.3, 0.4) is 0 Å². The quantitative estimate of drug-likeness (QED) is 0.493. The molecule has 28 heavy (non-hydrogen) atoms. The highest BCUT2D eigenvalue weighted by atomic mass is 16.5. The van der Waals surface area contributed by atoms with Gasteiger partial charge in [0.05, 0.1) is 12.3 Å². The molecule has 1 aliphatic rings. The topological polar surface area (TPSA) is 34.5 Å². The van der Waals surface area contributed by atoms with Crippen LogP contribution in [0, 0.1) is 0 Å². The lowest BCUT2D eigenvalue weighted by Crippen LogP contribution is -2.23. The first kappa shape index (κ1) is 20.2. The second-order valence-corrected chi connectivity index (χ2v) is 7.24. The van der Waals surface area contributed by atoms with E-state index in [0.29, 0.717) is 6.61 Å². The molecule has 0 saturated carbocycles. The first-order valence-corrected chi connectivity index (χ1v) is 10.6. The number of hydrogen-bond acceptors (Lipinski definition) is 3. The second kappa shape index (κ2) is 9.63. The maximum Gasteiger partial charge on any atom is 0.332 e. The van der Waals surface area contributed by atoms with Gasteiger partial charge in [-0.15, -0.1) is 0 Å². The molecule has 0 radical (unpaired) electrons. The fourth-order valence-corrected chi connectivity index (χ4v) is 4.15. The molecule has 2 aromatic rings. The van der Waals surface area contributed by atoms with Crippen molar-refractivity contribution in [3.8, 4) is 0 Å². The lowest BCUT2D eigenvalue weighted by atomic mass is 9.93. The summed E-state index contributed by atoms with van der Waals surface area (Å²) in [7, 11) is 0. The molecule has 3 rings (SSSR count). The third-order valence-corrected chi connectivity index (χ3v) is 5.51. The van der Waals surface area contributed by atoms with Crippen molar-refractivity contribution >= 4 is 11.7 Å². The van der Waals surface area contributed by atoms with E-state index in [2.05, 4.69) is 59.8 Å². The summed E-state index contributed by atoms with van der Waals surface area (Å²) >= 11 is 0. The zero-order valence-electron chi connectivity index (χ0n) is 17.4. The minimum Gasteiger partial charge on any atom is -0.463 e. The molecule has 0 aliphatic heterocycles. The number of carbonyl (C=O) groups is 1. The van der Waals surface area contributed by atoms with Gasteiger partial charge >= 0.3 is 5.97 Å². The Morgan fingerprint density at radius 3 is 2.50 bits per heavy atom. The van der Waals surface area contributed by atoms with Crippen LogP contribution in [-0.4, -0.2) is 35.1 Å². The minimum atomic E-state index is -0.259. The highest BCUT2D eigenvalue weighted by molar-refractivity contribution is 5.91. The predicted octanol–water partition coefficient (Wildman–Crippen LogP) is 4.66. The predicted molar refractivity (Wildman–Crippen MR) is 114 cm³/mol. The van der Waals surface area contributed by atoms with Crippen molar-refractivity contribution in [3.63, 3.8) is 0 Å². The second-order valence-electron chi connectivity index (χ2n) is 7.24. The van der Waals surface area contributed by atoms with Crippen LogP contribution < -0.4 is 0 Å². The summed E-state index contributed by atoms with van der Waals surface area (Å²) in [5.74, 6) is -0.259. The first-order chi connectivity index (χ1) is 13.7. The number of carbonyl (C=O) groups excluding carboxylic acids is 1. The smallest absolute Gasteiger partial charge is 0.332 e. The van der Waals surface area contributed by atoms with Crippen molar-refractivity contribution in [1.29, 1.82) is 0 Å². The Balaban J connectivity index is 2.05. The van der Waals surface area contributed by atoms with E-state index >= 15 is 0 Å². The lowest BCUT2D eigenvalue weighted by molar-refractivity contribution is -0.137. The van der Waals surface area contributed by atoms with Crippen molar-refractivity contribution in [1.82, 2.24) is 9.47 Å². The monoisotopic (exact) mass is 380 g/mol. The van der Waals surface area contributed by atoms with Crippen molar-refractivity contribution in [2.24, 2.45) is 0 Å². The molecule has 1 aromatic carbocycles. The van der Waals surface area contributed by atoms with Crippen molar-refractivity contribution in [3.05, 3.63) is 65.0 Å². The van der Waals surface area contributed by atoms with Crippen LogP contribution in [0.2, 0.25) is 0 Å². The van der Waals surface area contributed by atoms with E-state index in [1.807, 2.05) is 6.92 Å². The van der Waals surface area contributed by atoms with Gasteiger partial charge in [-0.2, -0.15) is 0 Å². The highest BCUT2D eigenvalue weighted by Crippen LogP contribution is 2.33. The van der Waals surface area contributed by atoms with E-state index in [1.54, 1.807) is 6.08 Å². The van der Waals surface area contributed by atoms with Crippen molar-refractivity contribution in [2.75, 3.05) is 19.7 Å². The third-order valence-electron chi connectivity index (χ3n) is 5.51. The molecule has 0 N–H and O–H groups in total. The van der Waals surface area contributed by atoms with Crippen LogP contribution in [0.25, 0.3) is 5.70 Å². The Labute approximate surface area is 168 Å². The summed E-state index contributed by atoms with van der Waals surface area (Å²) in [6.45, 7) is 9.11. The molecule has 0 amide bonds. The van der Waals surface area contributed by atoms with Crippen LogP contribution in [-0.2, 0) is 28.9 Å². The summed E-state index contributed by atoms with van der Waals surface area (Å²) in [4.78, 5) is 14.6. The summed E-state index contributed by atoms with van der Waals surface area (Å²) in [6, 6.07) is 10.6. The molecule has 1 heterocycles. The minimum absolute atomic E-state index is 0.259. The first-order valence-electron chi connectivity index (χ1n) is 10.6. The molecule has 0 spiro atoms. The van der Waals surface area contributed by atoms with Gasteiger partial charge in [-0.05, 0) is 57.6 Å². The van der Waals surface area contributed by atoms with E-state index in [4.69, 9.17) is 4.74 Å². The molecule has 1 aromatic heterocycles. The van der Waals surface area contributed by atoms with Gasteiger partial charge in [0.1, 0.15) is 0 Å². The van der Waals surface area contributed by atoms with Crippen LogP contribution in [0.4, 0.5) is 0 Å². The van der Waals surface area contributed by atoms with Gasteiger partial charge in [0.2, 0.25) is 0 Å².